The van der Waals surface area contributed by atoms with Crippen molar-refractivity contribution in [3.8, 4) is 0 Å². The second-order valence-electron chi connectivity index (χ2n) is 5.05. The third kappa shape index (κ3) is 2.33. The minimum Gasteiger partial charge on any atom is -0.367 e. The maximum Gasteiger partial charge on any atom is 0.138 e. The van der Waals surface area contributed by atoms with Crippen molar-refractivity contribution in [2.45, 2.75) is 44.7 Å². The first-order chi connectivity index (χ1) is 8.72. The van der Waals surface area contributed by atoms with Crippen molar-refractivity contribution < 1.29 is 0 Å². The van der Waals surface area contributed by atoms with Crippen molar-refractivity contribution in [1.82, 2.24) is 9.97 Å². The van der Waals surface area contributed by atoms with Crippen LogP contribution in [0.4, 0.5) is 5.82 Å². The van der Waals surface area contributed by atoms with E-state index >= 15 is 0 Å². The molecule has 1 fully saturated rings. The van der Waals surface area contributed by atoms with E-state index in [1.54, 1.807) is 17.7 Å². The van der Waals surface area contributed by atoms with E-state index in [0.717, 1.165) is 41.7 Å². The summed E-state index contributed by atoms with van der Waals surface area (Å²) in [7, 11) is 0. The number of aryl methyl sites for hydroxylation is 1. The maximum absolute atomic E-state index is 5.93. The van der Waals surface area contributed by atoms with Crippen molar-refractivity contribution >= 4 is 27.4 Å². The van der Waals surface area contributed by atoms with Gasteiger partial charge in [-0.05, 0) is 38.7 Å². The standard InChI is InChI=1S/C13H18N4S/c1-8-6-11-12(15-7-16-13(11)18-8)17-10-4-2-9(14)3-5-10/h6-7,9-10H,2-5,14H2,1H3,(H,15,16,17). The zero-order valence-corrected chi connectivity index (χ0v) is 11.3. The molecule has 0 amide bonds. The number of fused-ring (bicyclic) bond motifs is 1. The molecule has 2 heterocycles. The average Bonchev–Trinajstić information content (AvgIpc) is 2.73. The predicted molar refractivity (Wildman–Crippen MR) is 76.0 cm³/mol. The Morgan fingerprint density at radius 1 is 1.28 bits per heavy atom. The Balaban J connectivity index is 1.82. The molecule has 0 atom stereocenters. The highest BCUT2D eigenvalue weighted by Crippen LogP contribution is 2.29. The summed E-state index contributed by atoms with van der Waals surface area (Å²) >= 11 is 1.72. The third-order valence-corrected chi connectivity index (χ3v) is 4.52. The Morgan fingerprint density at radius 2 is 2.06 bits per heavy atom. The summed E-state index contributed by atoms with van der Waals surface area (Å²) in [5, 5.41) is 4.71. The first-order valence-corrected chi connectivity index (χ1v) is 7.27. The molecule has 0 bridgehead atoms. The van der Waals surface area contributed by atoms with Gasteiger partial charge in [-0.2, -0.15) is 0 Å². The predicted octanol–water partition coefficient (Wildman–Crippen LogP) is 2.68. The summed E-state index contributed by atoms with van der Waals surface area (Å²) in [6.07, 6.45) is 6.13. The van der Waals surface area contributed by atoms with Crippen LogP contribution >= 0.6 is 11.3 Å². The molecule has 3 rings (SSSR count). The van der Waals surface area contributed by atoms with Gasteiger partial charge in [-0.3, -0.25) is 0 Å². The van der Waals surface area contributed by atoms with Gasteiger partial charge in [-0.15, -0.1) is 11.3 Å². The average molecular weight is 262 g/mol. The molecule has 1 aliphatic carbocycles. The summed E-state index contributed by atoms with van der Waals surface area (Å²) in [5.74, 6) is 0.977. The van der Waals surface area contributed by atoms with E-state index in [1.807, 2.05) is 0 Å². The highest BCUT2D eigenvalue weighted by molar-refractivity contribution is 7.18. The number of hydrogen-bond donors (Lipinski definition) is 2. The summed E-state index contributed by atoms with van der Waals surface area (Å²) in [6.45, 7) is 2.11. The van der Waals surface area contributed by atoms with Crippen molar-refractivity contribution in [1.29, 1.82) is 0 Å². The molecule has 96 valence electrons. The summed E-state index contributed by atoms with van der Waals surface area (Å²) in [6, 6.07) is 3.05. The molecule has 0 unspecified atom stereocenters. The highest BCUT2D eigenvalue weighted by atomic mass is 32.1. The van der Waals surface area contributed by atoms with Gasteiger partial charge < -0.3 is 11.1 Å². The Hall–Kier alpha value is -1.20. The lowest BCUT2D eigenvalue weighted by atomic mass is 9.92. The van der Waals surface area contributed by atoms with E-state index in [9.17, 15) is 0 Å². The zero-order chi connectivity index (χ0) is 12.5. The quantitative estimate of drug-likeness (QED) is 0.873. The molecule has 2 aromatic rings. The zero-order valence-electron chi connectivity index (χ0n) is 10.5. The van der Waals surface area contributed by atoms with Gasteiger partial charge in [0.2, 0.25) is 0 Å². The number of nitrogens with two attached hydrogens (primary N) is 1. The largest absolute Gasteiger partial charge is 0.367 e. The molecular weight excluding hydrogens is 244 g/mol. The lowest BCUT2D eigenvalue weighted by molar-refractivity contribution is 0.410. The summed E-state index contributed by atoms with van der Waals surface area (Å²) < 4.78 is 0. The molecule has 0 aliphatic heterocycles. The van der Waals surface area contributed by atoms with Crippen LogP contribution in [0, 0.1) is 6.92 Å². The van der Waals surface area contributed by atoms with E-state index in [0.29, 0.717) is 12.1 Å². The monoisotopic (exact) mass is 262 g/mol. The molecule has 0 radical (unpaired) electrons. The number of nitrogens with zero attached hydrogens (tertiary/aromatic N) is 2. The second-order valence-corrected chi connectivity index (χ2v) is 6.29. The Labute approximate surface area is 111 Å². The minimum absolute atomic E-state index is 0.386. The highest BCUT2D eigenvalue weighted by Gasteiger charge is 2.19. The van der Waals surface area contributed by atoms with Crippen LogP contribution in [0.2, 0.25) is 0 Å². The SMILES string of the molecule is Cc1cc2c(NC3CCC(N)CC3)ncnc2s1. The van der Waals surface area contributed by atoms with Crippen LogP contribution in [-0.2, 0) is 0 Å². The van der Waals surface area contributed by atoms with Crippen molar-refractivity contribution in [2.24, 2.45) is 5.73 Å². The number of thiophene rings is 1. The van der Waals surface area contributed by atoms with E-state index in [4.69, 9.17) is 5.73 Å². The van der Waals surface area contributed by atoms with Gasteiger partial charge in [0.15, 0.2) is 0 Å². The van der Waals surface area contributed by atoms with E-state index in [2.05, 4.69) is 28.3 Å². The van der Waals surface area contributed by atoms with E-state index in [-0.39, 0.29) is 0 Å². The first kappa shape index (κ1) is 11.9. The molecule has 0 aromatic carbocycles. The van der Waals surface area contributed by atoms with Gasteiger partial charge in [0, 0.05) is 17.0 Å². The molecule has 3 N–H and O–H groups in total. The molecular formula is C13H18N4S. The minimum atomic E-state index is 0.386. The van der Waals surface area contributed by atoms with Gasteiger partial charge in [0.25, 0.3) is 0 Å². The molecule has 2 aromatic heterocycles. The fourth-order valence-electron chi connectivity index (χ4n) is 2.55. The molecule has 1 saturated carbocycles. The number of rotatable bonds is 2. The van der Waals surface area contributed by atoms with Crippen LogP contribution in [0.1, 0.15) is 30.6 Å². The lowest BCUT2D eigenvalue weighted by Gasteiger charge is -2.27. The van der Waals surface area contributed by atoms with Crippen molar-refractivity contribution in [2.75, 3.05) is 5.32 Å². The summed E-state index contributed by atoms with van der Waals surface area (Å²) in [4.78, 5) is 11.0. The van der Waals surface area contributed by atoms with Gasteiger partial charge >= 0.3 is 0 Å². The molecule has 0 saturated heterocycles. The fourth-order valence-corrected chi connectivity index (χ4v) is 3.40. The number of hydrogen-bond acceptors (Lipinski definition) is 5. The van der Waals surface area contributed by atoms with E-state index < -0.39 is 0 Å². The van der Waals surface area contributed by atoms with Crippen LogP contribution in [0.5, 0.6) is 0 Å². The number of aromatic nitrogens is 2. The van der Waals surface area contributed by atoms with Gasteiger partial charge in [0.1, 0.15) is 17.0 Å². The Kier molecular flexibility index (Phi) is 3.18. The molecule has 5 heteroatoms. The van der Waals surface area contributed by atoms with Crippen LogP contribution < -0.4 is 11.1 Å². The maximum atomic E-state index is 5.93. The van der Waals surface area contributed by atoms with Crippen LogP contribution in [0.3, 0.4) is 0 Å². The van der Waals surface area contributed by atoms with Gasteiger partial charge in [-0.25, -0.2) is 9.97 Å². The van der Waals surface area contributed by atoms with Gasteiger partial charge in [0.05, 0.1) is 5.39 Å². The van der Waals surface area contributed by atoms with Crippen LogP contribution in [-0.4, -0.2) is 22.1 Å². The smallest absolute Gasteiger partial charge is 0.138 e. The first-order valence-electron chi connectivity index (χ1n) is 6.45. The van der Waals surface area contributed by atoms with Crippen molar-refractivity contribution in [3.05, 3.63) is 17.3 Å². The fraction of sp³-hybridized carbons (Fsp3) is 0.538. The lowest BCUT2D eigenvalue weighted by Crippen LogP contribution is -2.33. The van der Waals surface area contributed by atoms with Crippen molar-refractivity contribution in [3.63, 3.8) is 0 Å². The van der Waals surface area contributed by atoms with E-state index in [1.165, 1.54) is 4.88 Å². The van der Waals surface area contributed by atoms with Gasteiger partial charge in [-0.1, -0.05) is 0 Å². The third-order valence-electron chi connectivity index (χ3n) is 3.57. The number of nitrogens with one attached hydrogen (secondary N) is 1. The normalized spacial score (nSPS) is 24.3. The Morgan fingerprint density at radius 3 is 2.83 bits per heavy atom. The summed E-state index contributed by atoms with van der Waals surface area (Å²) in [5.41, 5.74) is 5.93. The topological polar surface area (TPSA) is 63.8 Å². The molecule has 4 nitrogen and oxygen atoms in total. The molecule has 1 aliphatic rings. The Bertz CT molecular complexity index is 543. The van der Waals surface area contributed by atoms with Crippen LogP contribution in [0.25, 0.3) is 10.2 Å². The molecule has 0 spiro atoms. The van der Waals surface area contributed by atoms with Crippen LogP contribution in [0.15, 0.2) is 12.4 Å². The second kappa shape index (κ2) is 4.82. The number of anilines is 1. The molecule has 18 heavy (non-hydrogen) atoms.